The molecule has 1 aliphatic heterocycles. The van der Waals surface area contributed by atoms with Gasteiger partial charge in [0.25, 0.3) is 0 Å². The molecule has 0 aromatic heterocycles. The van der Waals surface area contributed by atoms with Gasteiger partial charge < -0.3 is 9.53 Å². The molecular weight excluding hydrogens is 248 g/mol. The Morgan fingerprint density at radius 1 is 1.20 bits per heavy atom. The number of allylic oxidation sites excluding steroid dienone is 1. The molecule has 1 aromatic rings. The van der Waals surface area contributed by atoms with Crippen LogP contribution in [0.2, 0.25) is 0 Å². The highest BCUT2D eigenvalue weighted by Gasteiger charge is 2.16. The fraction of sp³-hybridized carbons (Fsp3) is 0.500. The van der Waals surface area contributed by atoms with E-state index in [1.54, 1.807) is 0 Å². The van der Waals surface area contributed by atoms with Crippen LogP contribution in [0.25, 0.3) is 0 Å². The van der Waals surface area contributed by atoms with Crippen molar-refractivity contribution in [1.29, 1.82) is 0 Å². The molecule has 0 saturated carbocycles. The molecule has 0 bridgehead atoms. The summed E-state index contributed by atoms with van der Waals surface area (Å²) in [6.45, 7) is 6.03. The van der Waals surface area contributed by atoms with E-state index in [0.29, 0.717) is 6.42 Å². The summed E-state index contributed by atoms with van der Waals surface area (Å²) in [5, 5.41) is 0. The largest absolute Gasteiger partial charge is 0.462 e. The van der Waals surface area contributed by atoms with Crippen molar-refractivity contribution in [2.75, 3.05) is 0 Å². The summed E-state index contributed by atoms with van der Waals surface area (Å²) >= 11 is 0. The van der Waals surface area contributed by atoms with Crippen LogP contribution >= 0.6 is 0 Å². The predicted molar refractivity (Wildman–Crippen MR) is 82.1 cm³/mol. The minimum Gasteiger partial charge on any atom is -0.462 e. The van der Waals surface area contributed by atoms with E-state index in [1.165, 1.54) is 29.5 Å². The highest BCUT2D eigenvalue weighted by atomic mass is 16.5. The molecule has 1 aromatic carbocycles. The Morgan fingerprint density at radius 2 is 2.00 bits per heavy atom. The molecule has 1 heterocycles. The zero-order valence-electron chi connectivity index (χ0n) is 12.4. The average Bonchev–Trinajstić information content (AvgIpc) is 2.43. The molecule has 0 N–H and O–H groups in total. The van der Waals surface area contributed by atoms with Gasteiger partial charge in [0.1, 0.15) is 12.0 Å². The third kappa shape index (κ3) is 3.96. The summed E-state index contributed by atoms with van der Waals surface area (Å²) in [6, 6.07) is 4.53. The zero-order chi connectivity index (χ0) is 14.4. The van der Waals surface area contributed by atoms with Crippen molar-refractivity contribution in [3.63, 3.8) is 0 Å². The molecule has 108 valence electrons. The van der Waals surface area contributed by atoms with Gasteiger partial charge in [0.15, 0.2) is 0 Å². The van der Waals surface area contributed by atoms with Gasteiger partial charge >= 0.3 is 0 Å². The molecule has 2 heteroatoms. The molecule has 0 radical (unpaired) electrons. The number of aryl methyl sites for hydroxylation is 3. The number of hydrogen-bond donors (Lipinski definition) is 0. The van der Waals surface area contributed by atoms with E-state index in [4.69, 9.17) is 4.74 Å². The minimum atomic E-state index is 0.708. The molecule has 0 aliphatic carbocycles. The summed E-state index contributed by atoms with van der Waals surface area (Å²) in [7, 11) is 0. The third-order valence-electron chi connectivity index (χ3n) is 3.87. The molecule has 0 unspecified atom stereocenters. The first-order chi connectivity index (χ1) is 9.70. The van der Waals surface area contributed by atoms with Crippen molar-refractivity contribution in [2.24, 2.45) is 0 Å². The van der Waals surface area contributed by atoms with Crippen LogP contribution in [0, 0.1) is 6.92 Å². The normalized spacial score (nSPS) is 13.8. The number of ether oxygens (including phenoxy) is 1. The van der Waals surface area contributed by atoms with Gasteiger partial charge in [-0.3, -0.25) is 0 Å². The monoisotopic (exact) mass is 272 g/mol. The van der Waals surface area contributed by atoms with Gasteiger partial charge in [0, 0.05) is 12.8 Å². The maximum atomic E-state index is 10.2. The van der Waals surface area contributed by atoms with Gasteiger partial charge in [0.2, 0.25) is 0 Å². The molecule has 0 saturated heterocycles. The third-order valence-corrected chi connectivity index (χ3v) is 3.87. The van der Waals surface area contributed by atoms with Crippen LogP contribution in [-0.2, 0) is 17.6 Å². The van der Waals surface area contributed by atoms with Crippen LogP contribution in [-0.4, -0.2) is 6.29 Å². The topological polar surface area (TPSA) is 26.3 Å². The van der Waals surface area contributed by atoms with Crippen LogP contribution < -0.4 is 4.74 Å². The van der Waals surface area contributed by atoms with Crippen LogP contribution in [0.1, 0.15) is 55.2 Å². The lowest BCUT2D eigenvalue weighted by molar-refractivity contribution is -0.107. The smallest absolute Gasteiger partial charge is 0.133 e. The standard InChI is InChI=1S/C18H24O2/c1-14-12-16(8-6-4-3-5-7-11-19)13-17-10-9-15(2)20-18(14)17/h11-13H,2-10H2,1H3. The summed E-state index contributed by atoms with van der Waals surface area (Å²) < 4.78 is 5.76. The zero-order valence-corrected chi connectivity index (χ0v) is 12.4. The molecule has 20 heavy (non-hydrogen) atoms. The van der Waals surface area contributed by atoms with Crippen molar-refractivity contribution in [3.05, 3.63) is 41.2 Å². The van der Waals surface area contributed by atoms with E-state index in [1.807, 2.05) is 0 Å². The Morgan fingerprint density at radius 3 is 2.80 bits per heavy atom. The molecule has 2 nitrogen and oxygen atoms in total. The number of unbranched alkanes of at least 4 members (excludes halogenated alkanes) is 4. The Bertz CT molecular complexity index is 488. The molecule has 0 fully saturated rings. The molecule has 2 rings (SSSR count). The van der Waals surface area contributed by atoms with E-state index < -0.39 is 0 Å². The van der Waals surface area contributed by atoms with Crippen LogP contribution in [0.15, 0.2) is 24.5 Å². The van der Waals surface area contributed by atoms with Crippen LogP contribution in [0.3, 0.4) is 0 Å². The summed E-state index contributed by atoms with van der Waals surface area (Å²) in [5.41, 5.74) is 3.96. The van der Waals surface area contributed by atoms with Crippen molar-refractivity contribution < 1.29 is 9.53 Å². The van der Waals surface area contributed by atoms with Gasteiger partial charge in [-0.25, -0.2) is 0 Å². The van der Waals surface area contributed by atoms with Gasteiger partial charge in [0.05, 0.1) is 5.76 Å². The summed E-state index contributed by atoms with van der Waals surface area (Å²) in [5.74, 6) is 1.90. The second-order valence-corrected chi connectivity index (χ2v) is 5.66. The van der Waals surface area contributed by atoms with E-state index in [9.17, 15) is 4.79 Å². The average molecular weight is 272 g/mol. The number of hydrogen-bond acceptors (Lipinski definition) is 2. The molecule has 0 amide bonds. The lowest BCUT2D eigenvalue weighted by Gasteiger charge is -2.21. The SMILES string of the molecule is C=C1CCc2cc(CCCCCCC=O)cc(C)c2O1. The second-order valence-electron chi connectivity index (χ2n) is 5.66. The van der Waals surface area contributed by atoms with Gasteiger partial charge in [-0.05, 0) is 49.3 Å². The van der Waals surface area contributed by atoms with Gasteiger partial charge in [-0.15, -0.1) is 0 Å². The van der Waals surface area contributed by atoms with Crippen LogP contribution in [0.5, 0.6) is 5.75 Å². The number of rotatable bonds is 7. The number of benzene rings is 1. The molecular formula is C18H24O2. The van der Waals surface area contributed by atoms with E-state index in [2.05, 4.69) is 25.6 Å². The van der Waals surface area contributed by atoms with E-state index in [0.717, 1.165) is 49.9 Å². The first-order valence-electron chi connectivity index (χ1n) is 7.62. The molecule has 0 spiro atoms. The predicted octanol–water partition coefficient (Wildman–Crippen LogP) is 4.53. The van der Waals surface area contributed by atoms with Crippen molar-refractivity contribution in [3.8, 4) is 5.75 Å². The number of carbonyl (C=O) groups excluding carboxylic acids is 1. The first-order valence-corrected chi connectivity index (χ1v) is 7.62. The van der Waals surface area contributed by atoms with Crippen LogP contribution in [0.4, 0.5) is 0 Å². The highest BCUT2D eigenvalue weighted by molar-refractivity contribution is 5.49. The minimum absolute atomic E-state index is 0.708. The fourth-order valence-corrected chi connectivity index (χ4v) is 2.78. The summed E-state index contributed by atoms with van der Waals surface area (Å²) in [4.78, 5) is 10.2. The van der Waals surface area contributed by atoms with E-state index in [-0.39, 0.29) is 0 Å². The maximum absolute atomic E-state index is 10.2. The molecule has 0 atom stereocenters. The molecule has 1 aliphatic rings. The van der Waals surface area contributed by atoms with Gasteiger partial charge in [-0.2, -0.15) is 0 Å². The highest BCUT2D eigenvalue weighted by Crippen LogP contribution is 2.33. The van der Waals surface area contributed by atoms with Crippen molar-refractivity contribution >= 4 is 6.29 Å². The number of carbonyl (C=O) groups is 1. The van der Waals surface area contributed by atoms with Crippen molar-refractivity contribution in [1.82, 2.24) is 0 Å². The van der Waals surface area contributed by atoms with Crippen molar-refractivity contribution in [2.45, 2.75) is 58.3 Å². The lowest BCUT2D eigenvalue weighted by atomic mass is 9.96. The summed E-state index contributed by atoms with van der Waals surface area (Å²) in [6.07, 6.45) is 9.41. The Labute approximate surface area is 121 Å². The number of fused-ring (bicyclic) bond motifs is 1. The number of aldehydes is 1. The van der Waals surface area contributed by atoms with Gasteiger partial charge in [-0.1, -0.05) is 31.6 Å². The first kappa shape index (κ1) is 14.8. The van der Waals surface area contributed by atoms with E-state index >= 15 is 0 Å². The Kier molecular flexibility index (Phi) is 5.40. The lowest BCUT2D eigenvalue weighted by Crippen LogP contribution is -2.08. The quantitative estimate of drug-likeness (QED) is 0.538. The Hall–Kier alpha value is -1.57. The maximum Gasteiger partial charge on any atom is 0.133 e. The second kappa shape index (κ2) is 7.28. The Balaban J connectivity index is 1.88. The fourth-order valence-electron chi connectivity index (χ4n) is 2.78.